The highest BCUT2D eigenvalue weighted by molar-refractivity contribution is 7.89. The van der Waals surface area contributed by atoms with Gasteiger partial charge >= 0.3 is 0 Å². The zero-order valence-corrected chi connectivity index (χ0v) is 19.7. The Morgan fingerprint density at radius 3 is 2.61 bits per heavy atom. The molecule has 33 heavy (non-hydrogen) atoms. The number of para-hydroxylation sites is 1. The number of hydrogen-bond donors (Lipinski definition) is 3. The molecule has 0 spiro atoms. The summed E-state index contributed by atoms with van der Waals surface area (Å²) in [6, 6.07) is 15.2. The van der Waals surface area contributed by atoms with Crippen LogP contribution in [0.25, 0.3) is 0 Å². The van der Waals surface area contributed by atoms with Crippen molar-refractivity contribution in [1.29, 1.82) is 0 Å². The van der Waals surface area contributed by atoms with Crippen LogP contribution in [0.15, 0.2) is 54.7 Å². The van der Waals surface area contributed by atoms with E-state index in [1.54, 1.807) is 25.4 Å². The molecule has 1 aliphatic heterocycles. The third-order valence-corrected chi connectivity index (χ3v) is 6.47. The van der Waals surface area contributed by atoms with Crippen LogP contribution < -0.4 is 20.7 Å². The highest BCUT2D eigenvalue weighted by Gasteiger charge is 2.17. The first-order chi connectivity index (χ1) is 15.9. The van der Waals surface area contributed by atoms with Crippen molar-refractivity contribution < 1.29 is 13.2 Å². The van der Waals surface area contributed by atoms with Crippen LogP contribution in [0.5, 0.6) is 5.75 Å². The molecule has 0 radical (unpaired) electrons. The van der Waals surface area contributed by atoms with Crippen LogP contribution in [0.2, 0.25) is 0 Å². The number of anilines is 4. The molecular formula is C24H29N5O3S. The third-order valence-electron chi connectivity index (χ3n) is 5.64. The van der Waals surface area contributed by atoms with Gasteiger partial charge in [-0.3, -0.25) is 0 Å². The zero-order chi connectivity index (χ0) is 23.3. The summed E-state index contributed by atoms with van der Waals surface area (Å²) in [4.78, 5) is 8.87. The molecule has 2 aromatic carbocycles. The van der Waals surface area contributed by atoms with Crippen LogP contribution in [0, 0.1) is 0 Å². The second-order valence-electron chi connectivity index (χ2n) is 8.23. The number of rotatable bonds is 8. The summed E-state index contributed by atoms with van der Waals surface area (Å²) in [5.74, 6) is 2.19. The highest BCUT2D eigenvalue weighted by atomic mass is 32.2. The molecular weight excluding hydrogens is 438 g/mol. The maximum Gasteiger partial charge on any atom is 0.229 e. The van der Waals surface area contributed by atoms with Gasteiger partial charge in [0.1, 0.15) is 11.6 Å². The van der Waals surface area contributed by atoms with Crippen molar-refractivity contribution in [2.75, 3.05) is 37.1 Å². The Morgan fingerprint density at radius 1 is 1.06 bits per heavy atom. The summed E-state index contributed by atoms with van der Waals surface area (Å²) in [5.41, 5.74) is 3.43. The van der Waals surface area contributed by atoms with Crippen LogP contribution in [0.1, 0.15) is 29.9 Å². The predicted molar refractivity (Wildman–Crippen MR) is 131 cm³/mol. The number of ether oxygens (including phenoxy) is 1. The average Bonchev–Trinajstić information content (AvgIpc) is 2.80. The van der Waals surface area contributed by atoms with E-state index in [0.29, 0.717) is 28.9 Å². The average molecular weight is 468 g/mol. The topological polar surface area (TPSA) is 105 Å². The number of aromatic nitrogens is 2. The smallest absolute Gasteiger partial charge is 0.229 e. The van der Waals surface area contributed by atoms with Crippen molar-refractivity contribution in [1.82, 2.24) is 15.3 Å². The second-order valence-corrected chi connectivity index (χ2v) is 10.4. The molecule has 1 fully saturated rings. The van der Waals surface area contributed by atoms with Gasteiger partial charge in [-0.2, -0.15) is 4.98 Å². The van der Waals surface area contributed by atoms with Crippen molar-refractivity contribution in [3.05, 3.63) is 65.9 Å². The first kappa shape index (κ1) is 23.0. The minimum absolute atomic E-state index is 0.0486. The summed E-state index contributed by atoms with van der Waals surface area (Å²) < 4.78 is 29.2. The second kappa shape index (κ2) is 10.2. The fourth-order valence-electron chi connectivity index (χ4n) is 4.02. The van der Waals surface area contributed by atoms with E-state index in [0.717, 1.165) is 37.4 Å². The molecule has 0 aliphatic carbocycles. The van der Waals surface area contributed by atoms with Gasteiger partial charge in [0.05, 0.1) is 18.6 Å². The van der Waals surface area contributed by atoms with Gasteiger partial charge in [-0.25, -0.2) is 13.4 Å². The molecule has 2 heterocycles. The number of nitrogens with one attached hydrogen (secondary N) is 3. The van der Waals surface area contributed by atoms with Gasteiger partial charge < -0.3 is 20.7 Å². The Morgan fingerprint density at radius 2 is 1.85 bits per heavy atom. The molecule has 0 saturated carbocycles. The number of nitrogens with zero attached hydrogens (tertiary/aromatic N) is 2. The van der Waals surface area contributed by atoms with E-state index in [2.05, 4.69) is 38.1 Å². The Kier molecular flexibility index (Phi) is 7.10. The molecule has 9 heteroatoms. The van der Waals surface area contributed by atoms with E-state index in [1.165, 1.54) is 11.8 Å². The highest BCUT2D eigenvalue weighted by Crippen LogP contribution is 2.33. The molecule has 8 nitrogen and oxygen atoms in total. The lowest BCUT2D eigenvalue weighted by Gasteiger charge is -2.24. The van der Waals surface area contributed by atoms with Crippen LogP contribution in [0.3, 0.4) is 0 Å². The van der Waals surface area contributed by atoms with Crippen LogP contribution in [-0.4, -0.2) is 44.8 Å². The molecule has 174 valence electrons. The predicted octanol–water partition coefficient (Wildman–Crippen LogP) is 3.98. The fraction of sp³-hybridized carbons (Fsp3) is 0.333. The standard InChI is InChI=1S/C24H29N5O3S/c1-32-22-15-18(17-9-12-25-13-10-17)7-8-21(22)28-24-26-14-11-23(29-24)27-20-6-4-3-5-19(20)16-33(2,30)31/h3-8,11,14-15,17,25H,9-10,12-13,16H2,1-2H3,(H2,26,27,28,29). The number of benzene rings is 2. The fourth-order valence-corrected chi connectivity index (χ4v) is 4.83. The van der Waals surface area contributed by atoms with Gasteiger partial charge in [-0.15, -0.1) is 0 Å². The number of piperidine rings is 1. The monoisotopic (exact) mass is 467 g/mol. The molecule has 1 saturated heterocycles. The summed E-state index contributed by atoms with van der Waals surface area (Å²) in [6.45, 7) is 2.07. The first-order valence-corrected chi connectivity index (χ1v) is 13.0. The summed E-state index contributed by atoms with van der Waals surface area (Å²) in [5, 5.41) is 9.84. The molecule has 4 rings (SSSR count). The van der Waals surface area contributed by atoms with E-state index in [1.807, 2.05) is 24.3 Å². The van der Waals surface area contributed by atoms with Gasteiger partial charge in [-0.1, -0.05) is 24.3 Å². The van der Waals surface area contributed by atoms with Crippen molar-refractivity contribution >= 4 is 33.0 Å². The Balaban J connectivity index is 1.52. The lowest BCUT2D eigenvalue weighted by Crippen LogP contribution is -2.26. The van der Waals surface area contributed by atoms with E-state index >= 15 is 0 Å². The van der Waals surface area contributed by atoms with Gasteiger partial charge in [0.25, 0.3) is 0 Å². The molecule has 0 amide bonds. The normalized spacial score (nSPS) is 14.6. The Hall–Kier alpha value is -3.17. The lowest BCUT2D eigenvalue weighted by atomic mass is 9.90. The minimum Gasteiger partial charge on any atom is -0.495 e. The van der Waals surface area contributed by atoms with E-state index in [9.17, 15) is 8.42 Å². The molecule has 1 aliphatic rings. The van der Waals surface area contributed by atoms with Gasteiger partial charge in [0, 0.05) is 18.1 Å². The van der Waals surface area contributed by atoms with E-state index in [4.69, 9.17) is 4.74 Å². The minimum atomic E-state index is -3.16. The van der Waals surface area contributed by atoms with Gasteiger partial charge in [-0.05, 0) is 67.2 Å². The Labute approximate surface area is 194 Å². The quantitative estimate of drug-likeness (QED) is 0.457. The summed E-state index contributed by atoms with van der Waals surface area (Å²) in [7, 11) is -1.51. The van der Waals surface area contributed by atoms with Crippen LogP contribution in [0.4, 0.5) is 23.1 Å². The maximum atomic E-state index is 11.8. The van der Waals surface area contributed by atoms with Crippen molar-refractivity contribution in [3.63, 3.8) is 0 Å². The van der Waals surface area contributed by atoms with Gasteiger partial charge in [0.15, 0.2) is 9.84 Å². The molecule has 0 bridgehead atoms. The SMILES string of the molecule is COc1cc(C2CCNCC2)ccc1Nc1nccc(Nc2ccccc2CS(C)(=O)=O)n1. The number of sulfone groups is 1. The number of hydrogen-bond acceptors (Lipinski definition) is 8. The lowest BCUT2D eigenvalue weighted by molar-refractivity contribution is 0.413. The molecule has 0 atom stereocenters. The largest absolute Gasteiger partial charge is 0.495 e. The number of methoxy groups -OCH3 is 1. The van der Waals surface area contributed by atoms with E-state index < -0.39 is 9.84 Å². The van der Waals surface area contributed by atoms with Crippen LogP contribution in [-0.2, 0) is 15.6 Å². The van der Waals surface area contributed by atoms with Crippen molar-refractivity contribution in [2.45, 2.75) is 24.5 Å². The van der Waals surface area contributed by atoms with E-state index in [-0.39, 0.29) is 5.75 Å². The van der Waals surface area contributed by atoms with Crippen molar-refractivity contribution in [2.24, 2.45) is 0 Å². The van der Waals surface area contributed by atoms with Crippen LogP contribution >= 0.6 is 0 Å². The van der Waals surface area contributed by atoms with Gasteiger partial charge in [0.2, 0.25) is 5.95 Å². The molecule has 3 aromatic rings. The molecule has 0 unspecified atom stereocenters. The summed E-state index contributed by atoms with van der Waals surface area (Å²) in [6.07, 6.45) is 5.11. The maximum absolute atomic E-state index is 11.8. The Bertz CT molecular complexity index is 1210. The summed E-state index contributed by atoms with van der Waals surface area (Å²) >= 11 is 0. The first-order valence-electron chi connectivity index (χ1n) is 10.9. The molecule has 3 N–H and O–H groups in total. The van der Waals surface area contributed by atoms with Crippen molar-refractivity contribution in [3.8, 4) is 5.75 Å². The zero-order valence-electron chi connectivity index (χ0n) is 18.8. The molecule has 1 aromatic heterocycles. The third kappa shape index (κ3) is 6.21.